The SMILES string of the molecule is N=C(N)CC1(COCCC(F)(F)F)CC1. The molecule has 3 N–H and O–H groups in total. The van der Waals surface area contributed by atoms with Gasteiger partial charge in [0.05, 0.1) is 25.5 Å². The van der Waals surface area contributed by atoms with Gasteiger partial charge in [-0.25, -0.2) is 0 Å². The molecule has 3 nitrogen and oxygen atoms in total. The van der Waals surface area contributed by atoms with E-state index in [-0.39, 0.29) is 24.5 Å². The van der Waals surface area contributed by atoms with Gasteiger partial charge in [0.1, 0.15) is 0 Å². The molecule has 6 heteroatoms. The highest BCUT2D eigenvalue weighted by molar-refractivity contribution is 5.78. The van der Waals surface area contributed by atoms with Gasteiger partial charge in [-0.15, -0.1) is 0 Å². The first-order valence-electron chi connectivity index (χ1n) is 4.80. The summed E-state index contributed by atoms with van der Waals surface area (Å²) in [6.45, 7) is -0.0220. The first kappa shape index (κ1) is 12.3. The van der Waals surface area contributed by atoms with Gasteiger partial charge in [0.2, 0.25) is 0 Å². The Morgan fingerprint density at radius 3 is 2.40 bits per heavy atom. The van der Waals surface area contributed by atoms with Crippen LogP contribution in [0.4, 0.5) is 13.2 Å². The lowest BCUT2D eigenvalue weighted by Crippen LogP contribution is -2.21. The molecule has 0 spiro atoms. The monoisotopic (exact) mass is 224 g/mol. The van der Waals surface area contributed by atoms with E-state index in [1.54, 1.807) is 0 Å². The zero-order valence-corrected chi connectivity index (χ0v) is 8.36. The fourth-order valence-corrected chi connectivity index (χ4v) is 1.43. The van der Waals surface area contributed by atoms with Crippen LogP contribution in [0, 0.1) is 10.8 Å². The molecule has 1 aliphatic carbocycles. The van der Waals surface area contributed by atoms with Gasteiger partial charge < -0.3 is 10.5 Å². The van der Waals surface area contributed by atoms with Crippen molar-refractivity contribution in [3.8, 4) is 0 Å². The van der Waals surface area contributed by atoms with E-state index >= 15 is 0 Å². The molecule has 0 saturated heterocycles. The van der Waals surface area contributed by atoms with E-state index in [1.807, 2.05) is 0 Å². The summed E-state index contributed by atoms with van der Waals surface area (Å²) in [5, 5.41) is 7.11. The van der Waals surface area contributed by atoms with Crippen molar-refractivity contribution >= 4 is 5.84 Å². The van der Waals surface area contributed by atoms with Crippen LogP contribution >= 0.6 is 0 Å². The third-order valence-electron chi connectivity index (χ3n) is 2.46. The maximum Gasteiger partial charge on any atom is 0.391 e. The molecular weight excluding hydrogens is 209 g/mol. The summed E-state index contributed by atoms with van der Waals surface area (Å²) in [6, 6.07) is 0. The molecule has 0 aromatic heterocycles. The molecule has 0 aromatic rings. The van der Waals surface area contributed by atoms with Gasteiger partial charge in [0.15, 0.2) is 0 Å². The molecule has 0 aromatic carbocycles. The Morgan fingerprint density at radius 2 is 2.00 bits per heavy atom. The Morgan fingerprint density at radius 1 is 1.40 bits per heavy atom. The van der Waals surface area contributed by atoms with Crippen molar-refractivity contribution in [2.75, 3.05) is 13.2 Å². The second-order valence-corrected chi connectivity index (χ2v) is 4.12. The minimum absolute atomic E-state index is 0.0759. The molecule has 0 atom stereocenters. The smallest absolute Gasteiger partial charge is 0.388 e. The lowest BCUT2D eigenvalue weighted by Gasteiger charge is -2.14. The number of hydrogen-bond donors (Lipinski definition) is 2. The molecule has 0 amide bonds. The number of rotatable bonds is 6. The molecule has 88 valence electrons. The fraction of sp³-hybridized carbons (Fsp3) is 0.889. The van der Waals surface area contributed by atoms with Gasteiger partial charge in [-0.1, -0.05) is 0 Å². The Hall–Kier alpha value is -0.780. The molecule has 0 radical (unpaired) electrons. The summed E-state index contributed by atoms with van der Waals surface area (Å²) in [6.07, 6.45) is -2.86. The molecule has 1 rings (SSSR count). The Balaban J connectivity index is 2.12. The summed E-state index contributed by atoms with van der Waals surface area (Å²) in [5.41, 5.74) is 5.10. The second-order valence-electron chi connectivity index (χ2n) is 4.12. The number of halogens is 3. The third-order valence-corrected chi connectivity index (χ3v) is 2.46. The summed E-state index contributed by atoms with van der Waals surface area (Å²) in [7, 11) is 0. The third kappa shape index (κ3) is 5.01. The number of ether oxygens (including phenoxy) is 1. The summed E-state index contributed by atoms with van der Waals surface area (Å²) in [5.74, 6) is 0.0759. The van der Waals surface area contributed by atoms with Crippen molar-refractivity contribution < 1.29 is 17.9 Å². The summed E-state index contributed by atoms with van der Waals surface area (Å²) < 4.78 is 40.3. The van der Waals surface area contributed by atoms with Crippen LogP contribution in [0.5, 0.6) is 0 Å². The van der Waals surface area contributed by atoms with Gasteiger partial charge in [-0.2, -0.15) is 13.2 Å². The molecule has 15 heavy (non-hydrogen) atoms. The minimum atomic E-state index is -4.16. The highest BCUT2D eigenvalue weighted by Gasteiger charge is 2.43. The Bertz CT molecular complexity index is 236. The van der Waals surface area contributed by atoms with Crippen LogP contribution in [0.2, 0.25) is 0 Å². The van der Waals surface area contributed by atoms with Gasteiger partial charge in [-0.3, -0.25) is 5.41 Å². The van der Waals surface area contributed by atoms with Crippen molar-refractivity contribution in [2.45, 2.75) is 31.9 Å². The summed E-state index contributed by atoms with van der Waals surface area (Å²) >= 11 is 0. The maximum absolute atomic E-state index is 11.8. The van der Waals surface area contributed by atoms with Gasteiger partial charge in [0, 0.05) is 11.8 Å². The zero-order valence-electron chi connectivity index (χ0n) is 8.36. The fourth-order valence-electron chi connectivity index (χ4n) is 1.43. The van der Waals surface area contributed by atoms with Crippen LogP contribution in [0.15, 0.2) is 0 Å². The van der Waals surface area contributed by atoms with E-state index in [0.29, 0.717) is 6.42 Å². The van der Waals surface area contributed by atoms with E-state index in [2.05, 4.69) is 0 Å². The van der Waals surface area contributed by atoms with Crippen LogP contribution < -0.4 is 5.73 Å². The first-order valence-corrected chi connectivity index (χ1v) is 4.80. The van der Waals surface area contributed by atoms with Gasteiger partial charge >= 0.3 is 6.18 Å². The topological polar surface area (TPSA) is 59.1 Å². The minimum Gasteiger partial charge on any atom is -0.388 e. The number of nitrogens with one attached hydrogen (secondary N) is 1. The number of hydrogen-bond acceptors (Lipinski definition) is 2. The number of nitrogens with two attached hydrogens (primary N) is 1. The average Bonchev–Trinajstić information content (AvgIpc) is 2.76. The molecule has 1 saturated carbocycles. The molecule has 0 heterocycles. The van der Waals surface area contributed by atoms with Crippen molar-refractivity contribution in [3.05, 3.63) is 0 Å². The molecule has 0 unspecified atom stereocenters. The highest BCUT2D eigenvalue weighted by atomic mass is 19.4. The standard InChI is InChI=1S/C9H15F3N2O/c10-9(11,12)3-4-15-6-8(1-2-8)5-7(13)14/h1-6H2,(H3,13,14). The van der Waals surface area contributed by atoms with Crippen LogP contribution in [0.3, 0.4) is 0 Å². The lowest BCUT2D eigenvalue weighted by molar-refractivity contribution is -0.146. The molecule has 0 bridgehead atoms. The molecule has 1 fully saturated rings. The predicted octanol–water partition coefficient (Wildman–Crippen LogP) is 2.06. The van der Waals surface area contributed by atoms with Gasteiger partial charge in [0.25, 0.3) is 0 Å². The number of alkyl halides is 3. The van der Waals surface area contributed by atoms with Crippen LogP contribution in [-0.4, -0.2) is 25.2 Å². The van der Waals surface area contributed by atoms with E-state index in [4.69, 9.17) is 15.9 Å². The van der Waals surface area contributed by atoms with Crippen molar-refractivity contribution in [1.82, 2.24) is 0 Å². The molecular formula is C9H15F3N2O. The highest BCUT2D eigenvalue weighted by Crippen LogP contribution is 2.48. The molecule has 0 aliphatic heterocycles. The maximum atomic E-state index is 11.8. The van der Waals surface area contributed by atoms with E-state index in [9.17, 15) is 13.2 Å². The van der Waals surface area contributed by atoms with Crippen LogP contribution in [0.25, 0.3) is 0 Å². The van der Waals surface area contributed by atoms with Crippen molar-refractivity contribution in [1.29, 1.82) is 5.41 Å². The van der Waals surface area contributed by atoms with Crippen molar-refractivity contribution in [2.24, 2.45) is 11.1 Å². The van der Waals surface area contributed by atoms with Crippen molar-refractivity contribution in [3.63, 3.8) is 0 Å². The largest absolute Gasteiger partial charge is 0.391 e. The Labute approximate surface area is 86.3 Å². The predicted molar refractivity (Wildman–Crippen MR) is 49.7 cm³/mol. The first-order chi connectivity index (χ1) is 6.83. The average molecular weight is 224 g/mol. The second kappa shape index (κ2) is 4.38. The van der Waals surface area contributed by atoms with E-state index < -0.39 is 12.6 Å². The zero-order chi connectivity index (χ0) is 11.5. The van der Waals surface area contributed by atoms with Crippen LogP contribution in [-0.2, 0) is 4.74 Å². The van der Waals surface area contributed by atoms with E-state index in [1.165, 1.54) is 0 Å². The molecule has 1 aliphatic rings. The normalized spacial score (nSPS) is 18.9. The van der Waals surface area contributed by atoms with E-state index in [0.717, 1.165) is 12.8 Å². The van der Waals surface area contributed by atoms with Crippen LogP contribution in [0.1, 0.15) is 25.7 Å². The summed E-state index contributed by atoms with van der Waals surface area (Å²) in [4.78, 5) is 0. The lowest BCUT2D eigenvalue weighted by atomic mass is 10.0. The van der Waals surface area contributed by atoms with Gasteiger partial charge in [-0.05, 0) is 12.8 Å². The quantitative estimate of drug-likeness (QED) is 0.412. The number of amidine groups is 1. The Kier molecular flexibility index (Phi) is 3.59.